The van der Waals surface area contributed by atoms with Gasteiger partial charge in [0, 0.05) is 16.3 Å². The highest BCUT2D eigenvalue weighted by molar-refractivity contribution is 6.30. The fraction of sp³-hybridized carbons (Fsp3) is 0.211. The van der Waals surface area contributed by atoms with Crippen molar-refractivity contribution in [3.8, 4) is 0 Å². The number of esters is 1. The molecular weight excluding hydrogens is 356 g/mol. The third-order valence-electron chi connectivity index (χ3n) is 3.50. The fourth-order valence-electron chi connectivity index (χ4n) is 2.03. The summed E-state index contributed by atoms with van der Waals surface area (Å²) in [4.78, 5) is 35.8. The highest BCUT2D eigenvalue weighted by atomic mass is 35.5. The van der Waals surface area contributed by atoms with Gasteiger partial charge in [-0.15, -0.1) is 0 Å². The monoisotopic (exact) mass is 374 g/mol. The SMILES string of the molecule is Cc1ccc(NC(=O)[C@H](C)OC(=O)CNC(=O)c2ccc(Cl)cc2)cc1. The van der Waals surface area contributed by atoms with E-state index in [9.17, 15) is 14.4 Å². The molecule has 0 heterocycles. The molecule has 0 spiro atoms. The van der Waals surface area contributed by atoms with Crippen molar-refractivity contribution < 1.29 is 19.1 Å². The molecule has 0 bridgehead atoms. The average molecular weight is 375 g/mol. The van der Waals surface area contributed by atoms with Gasteiger partial charge in [-0.05, 0) is 50.2 Å². The summed E-state index contributed by atoms with van der Waals surface area (Å²) in [7, 11) is 0. The van der Waals surface area contributed by atoms with Crippen molar-refractivity contribution in [3.63, 3.8) is 0 Å². The summed E-state index contributed by atoms with van der Waals surface area (Å²) in [5, 5.41) is 5.59. The molecule has 0 saturated heterocycles. The van der Waals surface area contributed by atoms with Gasteiger partial charge in [0.2, 0.25) is 0 Å². The van der Waals surface area contributed by atoms with Gasteiger partial charge in [0.05, 0.1) is 0 Å². The summed E-state index contributed by atoms with van der Waals surface area (Å²) < 4.78 is 5.03. The Morgan fingerprint density at radius 1 is 1.04 bits per heavy atom. The number of amides is 2. The molecule has 0 aliphatic rings. The summed E-state index contributed by atoms with van der Waals surface area (Å²) in [6.07, 6.45) is -0.990. The fourth-order valence-corrected chi connectivity index (χ4v) is 2.15. The normalized spacial score (nSPS) is 11.3. The number of benzene rings is 2. The van der Waals surface area contributed by atoms with Crippen molar-refractivity contribution in [1.82, 2.24) is 5.32 Å². The smallest absolute Gasteiger partial charge is 0.326 e. The molecule has 6 nitrogen and oxygen atoms in total. The summed E-state index contributed by atoms with van der Waals surface area (Å²) >= 11 is 5.75. The number of anilines is 1. The topological polar surface area (TPSA) is 84.5 Å². The third kappa shape index (κ3) is 5.89. The Labute approximate surface area is 156 Å². The average Bonchev–Trinajstić information content (AvgIpc) is 2.62. The molecule has 0 radical (unpaired) electrons. The second-order valence-electron chi connectivity index (χ2n) is 5.68. The van der Waals surface area contributed by atoms with Crippen molar-refractivity contribution in [2.24, 2.45) is 0 Å². The molecule has 2 N–H and O–H groups in total. The standard InChI is InChI=1S/C19H19ClN2O4/c1-12-3-9-16(10-4-12)22-18(24)13(2)26-17(23)11-21-19(25)14-5-7-15(20)8-6-14/h3-10,13H,11H2,1-2H3,(H,21,25)(H,22,24)/t13-/m0/s1. The Hall–Kier alpha value is -2.86. The maximum absolute atomic E-state index is 12.0. The van der Waals surface area contributed by atoms with Crippen LogP contribution in [0.25, 0.3) is 0 Å². The van der Waals surface area contributed by atoms with E-state index >= 15 is 0 Å². The number of rotatable bonds is 6. The number of hydrogen-bond acceptors (Lipinski definition) is 4. The molecule has 0 fully saturated rings. The van der Waals surface area contributed by atoms with Gasteiger partial charge in [-0.2, -0.15) is 0 Å². The van der Waals surface area contributed by atoms with Crippen LogP contribution in [0.3, 0.4) is 0 Å². The van der Waals surface area contributed by atoms with Crippen LogP contribution in [0.4, 0.5) is 5.69 Å². The van der Waals surface area contributed by atoms with Gasteiger partial charge in [0.25, 0.3) is 11.8 Å². The van der Waals surface area contributed by atoms with Crippen LogP contribution in [0.1, 0.15) is 22.8 Å². The van der Waals surface area contributed by atoms with E-state index < -0.39 is 23.9 Å². The van der Waals surface area contributed by atoms with Gasteiger partial charge in [-0.25, -0.2) is 0 Å². The van der Waals surface area contributed by atoms with E-state index in [0.29, 0.717) is 16.3 Å². The number of halogens is 1. The molecule has 0 saturated carbocycles. The third-order valence-corrected chi connectivity index (χ3v) is 3.75. The number of hydrogen-bond donors (Lipinski definition) is 2. The van der Waals surface area contributed by atoms with Crippen LogP contribution in [0.15, 0.2) is 48.5 Å². The molecule has 0 unspecified atom stereocenters. The van der Waals surface area contributed by atoms with Crippen molar-refractivity contribution in [2.45, 2.75) is 20.0 Å². The summed E-state index contributed by atoms with van der Waals surface area (Å²) in [6, 6.07) is 13.5. The Morgan fingerprint density at radius 2 is 1.65 bits per heavy atom. The zero-order chi connectivity index (χ0) is 19.1. The molecule has 7 heteroatoms. The highest BCUT2D eigenvalue weighted by Gasteiger charge is 2.18. The van der Waals surface area contributed by atoms with Crippen LogP contribution in [0, 0.1) is 6.92 Å². The molecule has 136 valence electrons. The molecule has 2 aromatic rings. The second kappa shape index (κ2) is 9.01. The number of nitrogens with one attached hydrogen (secondary N) is 2. The van der Waals surface area contributed by atoms with Gasteiger partial charge in [0.15, 0.2) is 6.10 Å². The first-order valence-corrected chi connectivity index (χ1v) is 8.34. The second-order valence-corrected chi connectivity index (χ2v) is 6.11. The Morgan fingerprint density at radius 3 is 2.27 bits per heavy atom. The first kappa shape index (κ1) is 19.5. The van der Waals surface area contributed by atoms with Crippen molar-refractivity contribution in [2.75, 3.05) is 11.9 Å². The van der Waals surface area contributed by atoms with Gasteiger partial charge in [0.1, 0.15) is 6.54 Å². The Bertz CT molecular complexity index is 788. The first-order valence-electron chi connectivity index (χ1n) is 7.96. The lowest BCUT2D eigenvalue weighted by Gasteiger charge is -2.14. The number of carbonyl (C=O) groups excluding carboxylic acids is 3. The minimum Gasteiger partial charge on any atom is -0.451 e. The zero-order valence-corrected chi connectivity index (χ0v) is 15.2. The molecule has 0 aliphatic heterocycles. The highest BCUT2D eigenvalue weighted by Crippen LogP contribution is 2.10. The molecule has 2 rings (SSSR count). The van der Waals surface area contributed by atoms with Crippen LogP contribution < -0.4 is 10.6 Å². The summed E-state index contributed by atoms with van der Waals surface area (Å²) in [5.74, 6) is -1.60. The number of ether oxygens (including phenoxy) is 1. The predicted octanol–water partition coefficient (Wildman–Crippen LogP) is 2.95. The molecule has 0 aliphatic carbocycles. The lowest BCUT2D eigenvalue weighted by Crippen LogP contribution is -2.35. The molecular formula is C19H19ClN2O4. The van der Waals surface area contributed by atoms with E-state index in [1.807, 2.05) is 19.1 Å². The predicted molar refractivity (Wildman–Crippen MR) is 99.1 cm³/mol. The van der Waals surface area contributed by atoms with Gasteiger partial charge < -0.3 is 15.4 Å². The van der Waals surface area contributed by atoms with E-state index in [1.165, 1.54) is 6.92 Å². The lowest BCUT2D eigenvalue weighted by atomic mass is 10.2. The quantitative estimate of drug-likeness (QED) is 0.761. The lowest BCUT2D eigenvalue weighted by molar-refractivity contribution is -0.152. The first-order chi connectivity index (χ1) is 12.3. The van der Waals surface area contributed by atoms with Crippen LogP contribution in [-0.2, 0) is 14.3 Å². The van der Waals surface area contributed by atoms with Crippen molar-refractivity contribution in [3.05, 3.63) is 64.7 Å². The summed E-state index contributed by atoms with van der Waals surface area (Å²) in [5.41, 5.74) is 2.05. The largest absolute Gasteiger partial charge is 0.451 e. The van der Waals surface area contributed by atoms with Crippen LogP contribution in [0.5, 0.6) is 0 Å². The Kier molecular flexibility index (Phi) is 6.74. The maximum Gasteiger partial charge on any atom is 0.326 e. The Balaban J connectivity index is 1.79. The molecule has 2 aromatic carbocycles. The van der Waals surface area contributed by atoms with Crippen LogP contribution in [0.2, 0.25) is 5.02 Å². The minimum absolute atomic E-state index is 0.344. The molecule has 26 heavy (non-hydrogen) atoms. The van der Waals surface area contributed by atoms with Crippen molar-refractivity contribution >= 4 is 35.1 Å². The van der Waals surface area contributed by atoms with Crippen LogP contribution >= 0.6 is 11.6 Å². The van der Waals surface area contributed by atoms with E-state index in [2.05, 4.69) is 10.6 Å². The molecule has 2 amide bonds. The maximum atomic E-state index is 12.0. The van der Waals surface area contributed by atoms with Crippen molar-refractivity contribution in [1.29, 1.82) is 0 Å². The van der Waals surface area contributed by atoms with E-state index in [0.717, 1.165) is 5.56 Å². The van der Waals surface area contributed by atoms with E-state index in [1.54, 1.807) is 36.4 Å². The molecule has 0 aromatic heterocycles. The molecule has 1 atom stereocenters. The van der Waals surface area contributed by atoms with Gasteiger partial charge in [-0.3, -0.25) is 14.4 Å². The van der Waals surface area contributed by atoms with Gasteiger partial charge in [-0.1, -0.05) is 29.3 Å². The summed E-state index contributed by atoms with van der Waals surface area (Å²) in [6.45, 7) is 3.06. The van der Waals surface area contributed by atoms with E-state index in [-0.39, 0.29) is 6.54 Å². The minimum atomic E-state index is -0.990. The number of aryl methyl sites for hydroxylation is 1. The zero-order valence-electron chi connectivity index (χ0n) is 14.4. The van der Waals surface area contributed by atoms with Gasteiger partial charge >= 0.3 is 5.97 Å². The van der Waals surface area contributed by atoms with Crippen LogP contribution in [-0.4, -0.2) is 30.4 Å². The van der Waals surface area contributed by atoms with E-state index in [4.69, 9.17) is 16.3 Å². The number of carbonyl (C=O) groups is 3.